The molecule has 1 fully saturated rings. The average Bonchev–Trinajstić information content (AvgIpc) is 3.45. The molecule has 1 atom stereocenters. The Labute approximate surface area is 182 Å². The number of nitrogens with one attached hydrogen (secondary N) is 3. The van der Waals surface area contributed by atoms with E-state index in [0.29, 0.717) is 24.3 Å². The van der Waals surface area contributed by atoms with Crippen molar-refractivity contribution in [1.82, 2.24) is 15.2 Å². The zero-order valence-corrected chi connectivity index (χ0v) is 17.7. The fourth-order valence-electron chi connectivity index (χ4n) is 4.07. The van der Waals surface area contributed by atoms with E-state index in [0.717, 1.165) is 30.6 Å². The van der Waals surface area contributed by atoms with Gasteiger partial charge in [-0.1, -0.05) is 42.0 Å². The van der Waals surface area contributed by atoms with E-state index in [1.165, 1.54) is 5.56 Å². The number of aromatic amines is 1. The number of amides is 2. The van der Waals surface area contributed by atoms with Gasteiger partial charge in [-0.2, -0.15) is 0 Å². The number of rotatable bonds is 7. The SMILES string of the molecule is Cc1ccc(CNC(=O)c2ccccc2NC(=O)CN2CCCC2c2ccc[nH]2)cc1. The second kappa shape index (κ2) is 9.62. The van der Waals surface area contributed by atoms with Crippen LogP contribution in [0.25, 0.3) is 0 Å². The molecule has 6 heteroatoms. The maximum absolute atomic E-state index is 12.8. The first-order valence-corrected chi connectivity index (χ1v) is 10.7. The predicted molar refractivity (Wildman–Crippen MR) is 122 cm³/mol. The normalized spacial score (nSPS) is 16.2. The van der Waals surface area contributed by atoms with Gasteiger partial charge >= 0.3 is 0 Å². The Balaban J connectivity index is 1.38. The molecule has 2 heterocycles. The lowest BCUT2D eigenvalue weighted by molar-refractivity contribution is -0.117. The Kier molecular flexibility index (Phi) is 6.48. The van der Waals surface area contributed by atoms with Gasteiger partial charge in [0.1, 0.15) is 0 Å². The number of anilines is 1. The van der Waals surface area contributed by atoms with Gasteiger partial charge in [-0.3, -0.25) is 14.5 Å². The van der Waals surface area contributed by atoms with E-state index in [9.17, 15) is 9.59 Å². The molecule has 1 aliphatic rings. The van der Waals surface area contributed by atoms with Gasteiger partial charge in [0.2, 0.25) is 5.91 Å². The summed E-state index contributed by atoms with van der Waals surface area (Å²) in [7, 11) is 0. The second-order valence-electron chi connectivity index (χ2n) is 8.02. The van der Waals surface area contributed by atoms with Crippen LogP contribution in [0, 0.1) is 6.92 Å². The molecule has 1 aliphatic heterocycles. The molecular formula is C25H28N4O2. The van der Waals surface area contributed by atoms with Crippen molar-refractivity contribution in [3.63, 3.8) is 0 Å². The quantitative estimate of drug-likeness (QED) is 0.544. The van der Waals surface area contributed by atoms with Crippen LogP contribution in [0.4, 0.5) is 5.69 Å². The molecular weight excluding hydrogens is 388 g/mol. The molecule has 1 unspecified atom stereocenters. The monoisotopic (exact) mass is 416 g/mol. The van der Waals surface area contributed by atoms with Gasteiger partial charge in [0, 0.05) is 18.4 Å². The Morgan fingerprint density at radius 3 is 2.65 bits per heavy atom. The van der Waals surface area contributed by atoms with Crippen molar-refractivity contribution in [3.05, 3.63) is 89.2 Å². The Morgan fingerprint density at radius 2 is 1.87 bits per heavy atom. The number of H-pyrrole nitrogens is 1. The lowest BCUT2D eigenvalue weighted by Crippen LogP contribution is -2.33. The summed E-state index contributed by atoms with van der Waals surface area (Å²) in [4.78, 5) is 31.0. The van der Waals surface area contributed by atoms with Crippen molar-refractivity contribution in [2.24, 2.45) is 0 Å². The van der Waals surface area contributed by atoms with Gasteiger partial charge in [-0.15, -0.1) is 0 Å². The highest BCUT2D eigenvalue weighted by Crippen LogP contribution is 2.30. The standard InChI is InChI=1S/C25H28N4O2/c1-18-10-12-19(13-11-18)16-27-25(31)20-6-2-3-7-21(20)28-24(30)17-29-15-5-9-23(29)22-8-4-14-26-22/h2-4,6-8,10-14,23,26H,5,9,15-17H2,1H3,(H,27,31)(H,28,30). The zero-order valence-electron chi connectivity index (χ0n) is 17.7. The van der Waals surface area contributed by atoms with Gasteiger partial charge < -0.3 is 15.6 Å². The van der Waals surface area contributed by atoms with Gasteiger partial charge in [0.25, 0.3) is 5.91 Å². The minimum atomic E-state index is -0.207. The molecule has 3 aromatic rings. The third-order valence-corrected chi connectivity index (χ3v) is 5.71. The number of aromatic nitrogens is 1. The molecule has 1 saturated heterocycles. The van der Waals surface area contributed by atoms with Crippen molar-refractivity contribution < 1.29 is 9.59 Å². The van der Waals surface area contributed by atoms with E-state index in [2.05, 4.69) is 26.6 Å². The Morgan fingerprint density at radius 1 is 1.06 bits per heavy atom. The van der Waals surface area contributed by atoms with Crippen LogP contribution in [0.1, 0.15) is 46.1 Å². The molecule has 6 nitrogen and oxygen atoms in total. The highest BCUT2D eigenvalue weighted by Gasteiger charge is 2.28. The third-order valence-electron chi connectivity index (χ3n) is 5.71. The molecule has 0 spiro atoms. The van der Waals surface area contributed by atoms with E-state index in [-0.39, 0.29) is 17.9 Å². The van der Waals surface area contributed by atoms with Gasteiger partial charge in [0.05, 0.1) is 23.8 Å². The first-order chi connectivity index (χ1) is 15.1. The number of hydrogen-bond donors (Lipinski definition) is 3. The van der Waals surface area contributed by atoms with Crippen LogP contribution >= 0.6 is 0 Å². The smallest absolute Gasteiger partial charge is 0.253 e. The summed E-state index contributed by atoms with van der Waals surface area (Å²) in [5.74, 6) is -0.320. The van der Waals surface area contributed by atoms with E-state index in [1.807, 2.05) is 49.5 Å². The third kappa shape index (κ3) is 5.22. The fraction of sp³-hybridized carbons (Fsp3) is 0.280. The van der Waals surface area contributed by atoms with Gasteiger partial charge in [-0.25, -0.2) is 0 Å². The molecule has 0 aliphatic carbocycles. The molecule has 160 valence electrons. The van der Waals surface area contributed by atoms with Crippen LogP contribution in [-0.2, 0) is 11.3 Å². The van der Waals surface area contributed by atoms with Crippen LogP contribution in [-0.4, -0.2) is 34.8 Å². The minimum Gasteiger partial charge on any atom is -0.364 e. The molecule has 31 heavy (non-hydrogen) atoms. The van der Waals surface area contributed by atoms with Gasteiger partial charge in [-0.05, 0) is 56.1 Å². The van der Waals surface area contributed by atoms with Crippen molar-refractivity contribution in [1.29, 1.82) is 0 Å². The molecule has 4 rings (SSSR count). The number of carbonyl (C=O) groups excluding carboxylic acids is 2. The van der Waals surface area contributed by atoms with Crippen LogP contribution in [0.3, 0.4) is 0 Å². The highest BCUT2D eigenvalue weighted by atomic mass is 16.2. The van der Waals surface area contributed by atoms with Crippen LogP contribution in [0.2, 0.25) is 0 Å². The van der Waals surface area contributed by atoms with E-state index < -0.39 is 0 Å². The number of benzene rings is 2. The average molecular weight is 417 g/mol. The van der Waals surface area contributed by atoms with Gasteiger partial charge in [0.15, 0.2) is 0 Å². The maximum atomic E-state index is 12.8. The lowest BCUT2D eigenvalue weighted by atomic mass is 10.1. The highest BCUT2D eigenvalue weighted by molar-refractivity contribution is 6.04. The summed E-state index contributed by atoms with van der Waals surface area (Å²) in [6, 6.07) is 19.5. The van der Waals surface area contributed by atoms with E-state index in [1.54, 1.807) is 18.2 Å². The topological polar surface area (TPSA) is 77.2 Å². The summed E-state index contributed by atoms with van der Waals surface area (Å²) < 4.78 is 0. The van der Waals surface area contributed by atoms with E-state index in [4.69, 9.17) is 0 Å². The van der Waals surface area contributed by atoms with Crippen LogP contribution in [0.15, 0.2) is 66.9 Å². The Bertz CT molecular complexity index is 1030. The van der Waals surface area contributed by atoms with Crippen LogP contribution < -0.4 is 10.6 Å². The number of aryl methyl sites for hydroxylation is 1. The largest absolute Gasteiger partial charge is 0.364 e. The lowest BCUT2D eigenvalue weighted by Gasteiger charge is -2.23. The number of carbonyl (C=O) groups is 2. The first-order valence-electron chi connectivity index (χ1n) is 10.7. The van der Waals surface area contributed by atoms with Crippen molar-refractivity contribution in [2.45, 2.75) is 32.4 Å². The number of nitrogens with zero attached hydrogens (tertiary/aromatic N) is 1. The predicted octanol–water partition coefficient (Wildman–Crippen LogP) is 4.03. The Hall–Kier alpha value is -3.38. The number of hydrogen-bond acceptors (Lipinski definition) is 3. The summed E-state index contributed by atoms with van der Waals surface area (Å²) in [5, 5.41) is 5.88. The zero-order chi connectivity index (χ0) is 21.6. The number of likely N-dealkylation sites (tertiary alicyclic amines) is 1. The summed E-state index contributed by atoms with van der Waals surface area (Å²) >= 11 is 0. The molecule has 3 N–H and O–H groups in total. The van der Waals surface area contributed by atoms with E-state index >= 15 is 0 Å². The first kappa shape index (κ1) is 20.9. The molecule has 0 saturated carbocycles. The minimum absolute atomic E-state index is 0.114. The maximum Gasteiger partial charge on any atom is 0.253 e. The molecule has 0 radical (unpaired) electrons. The van der Waals surface area contributed by atoms with Crippen molar-refractivity contribution in [3.8, 4) is 0 Å². The van der Waals surface area contributed by atoms with Crippen molar-refractivity contribution in [2.75, 3.05) is 18.4 Å². The molecule has 2 amide bonds. The summed E-state index contributed by atoms with van der Waals surface area (Å²) in [6.07, 6.45) is 4.01. The number of para-hydroxylation sites is 1. The van der Waals surface area contributed by atoms with Crippen molar-refractivity contribution >= 4 is 17.5 Å². The molecule has 1 aromatic heterocycles. The second-order valence-corrected chi connectivity index (χ2v) is 8.02. The molecule has 2 aromatic carbocycles. The summed E-state index contributed by atoms with van der Waals surface area (Å²) in [5.41, 5.74) is 4.35. The van der Waals surface area contributed by atoms with Crippen LogP contribution in [0.5, 0.6) is 0 Å². The molecule has 0 bridgehead atoms. The summed E-state index contributed by atoms with van der Waals surface area (Å²) in [6.45, 7) is 3.65. The fourth-order valence-corrected chi connectivity index (χ4v) is 4.07.